The molecule has 6 heteroatoms. The molecule has 0 aliphatic rings. The Morgan fingerprint density at radius 3 is 2.50 bits per heavy atom. The first kappa shape index (κ1) is 12.5. The lowest BCUT2D eigenvalue weighted by Gasteiger charge is -2.09. The van der Waals surface area contributed by atoms with Crippen molar-refractivity contribution in [2.24, 2.45) is 5.90 Å². The summed E-state index contributed by atoms with van der Waals surface area (Å²) in [4.78, 5) is 27.3. The van der Waals surface area contributed by atoms with Crippen molar-refractivity contribution in [1.29, 1.82) is 0 Å². The summed E-state index contributed by atoms with van der Waals surface area (Å²) < 4.78 is 4.53. The van der Waals surface area contributed by atoms with Crippen LogP contribution >= 0.6 is 11.6 Å². The molecule has 0 bridgehead atoms. The topological polar surface area (TPSA) is 78.6 Å². The smallest absolute Gasteiger partial charge is 0.341 e. The van der Waals surface area contributed by atoms with Crippen LogP contribution in [-0.2, 0) is 4.74 Å². The van der Waals surface area contributed by atoms with Gasteiger partial charge in [-0.25, -0.2) is 4.79 Å². The summed E-state index contributed by atoms with van der Waals surface area (Å²) in [6.07, 6.45) is 0. The number of carbonyl (C=O) groups is 2. The third-order valence-electron chi connectivity index (χ3n) is 1.96. The molecule has 0 heterocycles. The Bertz CT molecular complexity index is 385. The van der Waals surface area contributed by atoms with E-state index in [2.05, 4.69) is 9.57 Å². The van der Waals surface area contributed by atoms with Gasteiger partial charge in [0.05, 0.1) is 18.6 Å². The lowest BCUT2D eigenvalue weighted by atomic mass is 10.1. The highest BCUT2D eigenvalue weighted by Gasteiger charge is 2.20. The maximum atomic E-state index is 11.4. The van der Waals surface area contributed by atoms with Crippen molar-refractivity contribution in [2.75, 3.05) is 13.0 Å². The molecule has 86 valence electrons. The van der Waals surface area contributed by atoms with E-state index in [1.165, 1.54) is 25.3 Å². The molecule has 0 unspecified atom stereocenters. The molecule has 0 atom stereocenters. The minimum Gasteiger partial charge on any atom is -0.465 e. The number of hydrogen-bond acceptors (Lipinski definition) is 5. The van der Waals surface area contributed by atoms with E-state index in [0.29, 0.717) is 0 Å². The lowest BCUT2D eigenvalue weighted by molar-refractivity contribution is 0.0596. The molecule has 0 spiro atoms. The first-order chi connectivity index (χ1) is 7.65. The monoisotopic (exact) mass is 243 g/mol. The quantitative estimate of drug-likeness (QED) is 0.371. The predicted molar refractivity (Wildman–Crippen MR) is 57.6 cm³/mol. The zero-order chi connectivity index (χ0) is 12.1. The highest BCUT2D eigenvalue weighted by atomic mass is 35.5. The number of benzene rings is 1. The maximum Gasteiger partial charge on any atom is 0.341 e. The van der Waals surface area contributed by atoms with Crippen molar-refractivity contribution < 1.29 is 19.2 Å². The maximum absolute atomic E-state index is 11.4. The molecule has 0 radical (unpaired) electrons. The Balaban J connectivity index is 3.31. The van der Waals surface area contributed by atoms with Crippen LogP contribution in [0.4, 0.5) is 0 Å². The van der Waals surface area contributed by atoms with Gasteiger partial charge in [0, 0.05) is 0 Å². The van der Waals surface area contributed by atoms with Crippen LogP contribution in [-0.4, -0.2) is 24.7 Å². The van der Waals surface area contributed by atoms with Crippen LogP contribution in [0.1, 0.15) is 20.7 Å². The molecule has 0 aliphatic heterocycles. The zero-order valence-electron chi connectivity index (χ0n) is 8.53. The van der Waals surface area contributed by atoms with Crippen molar-refractivity contribution in [3.63, 3.8) is 0 Å². The van der Waals surface area contributed by atoms with Crippen molar-refractivity contribution in [3.8, 4) is 5.75 Å². The van der Waals surface area contributed by atoms with E-state index in [9.17, 15) is 9.59 Å². The molecule has 0 aliphatic carbocycles. The van der Waals surface area contributed by atoms with E-state index in [4.69, 9.17) is 17.5 Å². The van der Waals surface area contributed by atoms with Gasteiger partial charge in [-0.3, -0.25) is 4.79 Å². The van der Waals surface area contributed by atoms with Crippen LogP contribution in [0.15, 0.2) is 18.2 Å². The predicted octanol–water partition coefficient (Wildman–Crippen LogP) is 1.15. The molecule has 0 saturated carbocycles. The fraction of sp³-hybridized carbons (Fsp3) is 0.200. The molecule has 5 nitrogen and oxygen atoms in total. The second-order valence-electron chi connectivity index (χ2n) is 2.85. The van der Waals surface area contributed by atoms with Crippen LogP contribution in [0.25, 0.3) is 0 Å². The van der Waals surface area contributed by atoms with Gasteiger partial charge in [-0.15, -0.1) is 11.6 Å². The second-order valence-corrected chi connectivity index (χ2v) is 3.12. The molecule has 0 amide bonds. The molecule has 1 rings (SSSR count). The Labute approximate surface area is 97.0 Å². The second kappa shape index (κ2) is 5.48. The Kier molecular flexibility index (Phi) is 4.28. The first-order valence-electron chi connectivity index (χ1n) is 4.33. The third kappa shape index (κ3) is 2.32. The van der Waals surface area contributed by atoms with Crippen LogP contribution < -0.4 is 10.7 Å². The van der Waals surface area contributed by atoms with E-state index < -0.39 is 5.97 Å². The number of methoxy groups -OCH3 is 1. The van der Waals surface area contributed by atoms with Crippen molar-refractivity contribution in [3.05, 3.63) is 29.3 Å². The molecule has 2 N–H and O–H groups in total. The Morgan fingerprint density at radius 1 is 1.38 bits per heavy atom. The van der Waals surface area contributed by atoms with E-state index in [1.807, 2.05) is 0 Å². The van der Waals surface area contributed by atoms with Crippen LogP contribution in [0.5, 0.6) is 5.75 Å². The van der Waals surface area contributed by atoms with E-state index in [-0.39, 0.29) is 28.5 Å². The number of ether oxygens (including phenoxy) is 1. The average molecular weight is 244 g/mol. The summed E-state index contributed by atoms with van der Waals surface area (Å²) >= 11 is 5.42. The number of ketones is 1. The van der Waals surface area contributed by atoms with Crippen molar-refractivity contribution >= 4 is 23.4 Å². The third-order valence-corrected chi connectivity index (χ3v) is 2.20. The summed E-state index contributed by atoms with van der Waals surface area (Å²) in [7, 11) is 1.22. The fourth-order valence-electron chi connectivity index (χ4n) is 1.23. The number of hydrogen-bond donors (Lipinski definition) is 1. The number of para-hydroxylation sites is 1. The molecular weight excluding hydrogens is 234 g/mol. The number of carbonyl (C=O) groups excluding carboxylic acids is 2. The molecule has 0 saturated heterocycles. The normalized spacial score (nSPS) is 9.69. The number of rotatable bonds is 4. The fourth-order valence-corrected chi connectivity index (χ4v) is 1.37. The molecule has 16 heavy (non-hydrogen) atoms. The molecule has 1 aromatic carbocycles. The van der Waals surface area contributed by atoms with Gasteiger partial charge < -0.3 is 9.57 Å². The van der Waals surface area contributed by atoms with Gasteiger partial charge in [0.25, 0.3) is 0 Å². The van der Waals surface area contributed by atoms with Gasteiger partial charge in [-0.05, 0) is 12.1 Å². The van der Waals surface area contributed by atoms with Crippen LogP contribution in [0.2, 0.25) is 0 Å². The summed E-state index contributed by atoms with van der Waals surface area (Å²) in [5.74, 6) is 3.77. The number of esters is 1. The van der Waals surface area contributed by atoms with E-state index >= 15 is 0 Å². The highest BCUT2D eigenvalue weighted by Crippen LogP contribution is 2.24. The molecule has 1 aromatic rings. The van der Waals surface area contributed by atoms with E-state index in [1.54, 1.807) is 0 Å². The molecule has 0 fully saturated rings. The van der Waals surface area contributed by atoms with Gasteiger partial charge in [0.2, 0.25) is 0 Å². The number of Topliss-reactive ketones (excluding diaryl/α,β-unsaturated/α-hetero) is 1. The molecule has 0 aromatic heterocycles. The summed E-state index contributed by atoms with van der Waals surface area (Å²) in [6, 6.07) is 4.44. The van der Waals surface area contributed by atoms with Crippen molar-refractivity contribution in [2.45, 2.75) is 0 Å². The number of alkyl halides is 1. The Morgan fingerprint density at radius 2 is 2.00 bits per heavy atom. The van der Waals surface area contributed by atoms with Crippen LogP contribution in [0.3, 0.4) is 0 Å². The van der Waals surface area contributed by atoms with Crippen LogP contribution in [0, 0.1) is 0 Å². The zero-order valence-corrected chi connectivity index (χ0v) is 9.28. The Hall–Kier alpha value is -1.59. The summed E-state index contributed by atoms with van der Waals surface area (Å²) in [6.45, 7) is 0. The van der Waals surface area contributed by atoms with Gasteiger partial charge in [-0.1, -0.05) is 6.07 Å². The van der Waals surface area contributed by atoms with Gasteiger partial charge >= 0.3 is 5.97 Å². The van der Waals surface area contributed by atoms with E-state index in [0.717, 1.165) is 0 Å². The lowest BCUT2D eigenvalue weighted by Crippen LogP contribution is -2.14. The largest absolute Gasteiger partial charge is 0.465 e. The average Bonchev–Trinajstić information content (AvgIpc) is 2.35. The highest BCUT2D eigenvalue weighted by molar-refractivity contribution is 6.31. The standard InChI is InChI=1S/C10H10ClNO4/c1-15-10(14)7-4-2-3-6(8(13)5-11)9(7)16-12/h2-4H,5,12H2,1H3. The van der Waals surface area contributed by atoms with Gasteiger partial charge in [-0.2, -0.15) is 5.90 Å². The number of nitrogens with two attached hydrogens (primary N) is 1. The molecular formula is C10H10ClNO4. The number of halogens is 1. The summed E-state index contributed by atoms with van der Waals surface area (Å²) in [5.41, 5.74) is 0.237. The minimum absolute atomic E-state index is 0.0278. The summed E-state index contributed by atoms with van der Waals surface area (Å²) in [5, 5.41) is 0. The minimum atomic E-state index is -0.635. The van der Waals surface area contributed by atoms with Gasteiger partial charge in [0.15, 0.2) is 11.5 Å². The van der Waals surface area contributed by atoms with Crippen molar-refractivity contribution in [1.82, 2.24) is 0 Å². The van der Waals surface area contributed by atoms with Gasteiger partial charge in [0.1, 0.15) is 5.56 Å². The first-order valence-corrected chi connectivity index (χ1v) is 4.86. The SMILES string of the molecule is COC(=O)c1cccc(C(=O)CCl)c1ON.